The highest BCUT2D eigenvalue weighted by molar-refractivity contribution is 5.82. The predicted molar refractivity (Wildman–Crippen MR) is 134 cm³/mol. The van der Waals surface area contributed by atoms with Gasteiger partial charge in [0.05, 0.1) is 6.04 Å². The van der Waals surface area contributed by atoms with Crippen molar-refractivity contribution < 1.29 is 23.9 Å². The van der Waals surface area contributed by atoms with Gasteiger partial charge in [0.25, 0.3) is 0 Å². The molecule has 0 aliphatic carbocycles. The Morgan fingerprint density at radius 1 is 0.857 bits per heavy atom. The molecule has 0 saturated carbocycles. The minimum Gasteiger partial charge on any atom is -0.448 e. The Labute approximate surface area is 207 Å². The van der Waals surface area contributed by atoms with Crippen molar-refractivity contribution in [3.05, 3.63) is 0 Å². The van der Waals surface area contributed by atoms with Gasteiger partial charge in [-0.05, 0) is 51.6 Å². The van der Waals surface area contributed by atoms with Gasteiger partial charge in [-0.25, -0.2) is 9.59 Å². The number of carbonyl (C=O) groups is 3. The van der Waals surface area contributed by atoms with E-state index in [-0.39, 0.29) is 31.8 Å². The molecule has 0 unspecified atom stereocenters. The van der Waals surface area contributed by atoms with Crippen LogP contribution < -0.4 is 39.7 Å². The number of rotatable bonds is 20. The minimum atomic E-state index is -0.928. The van der Waals surface area contributed by atoms with E-state index in [0.717, 1.165) is 25.7 Å². The summed E-state index contributed by atoms with van der Waals surface area (Å²) in [4.78, 5) is 41.5. The van der Waals surface area contributed by atoms with Crippen LogP contribution in [0, 0.1) is 0 Å². The fourth-order valence-electron chi connectivity index (χ4n) is 3.13. The van der Waals surface area contributed by atoms with Crippen LogP contribution in [0.5, 0.6) is 0 Å². The molecule has 0 aromatic carbocycles. The van der Waals surface area contributed by atoms with Gasteiger partial charge in [-0.3, -0.25) is 14.7 Å². The molecule has 0 rings (SSSR count). The average molecular weight is 504 g/mol. The van der Waals surface area contributed by atoms with Crippen LogP contribution in [0.3, 0.4) is 0 Å². The second-order valence-electron chi connectivity index (χ2n) is 8.24. The Bertz CT molecular complexity index is 632. The van der Waals surface area contributed by atoms with Crippen molar-refractivity contribution in [2.24, 2.45) is 39.4 Å². The third kappa shape index (κ3) is 19.2. The minimum absolute atomic E-state index is 0.00423. The highest BCUT2D eigenvalue weighted by Gasteiger charge is 2.21. The summed E-state index contributed by atoms with van der Waals surface area (Å²) >= 11 is 0. The Kier molecular flexibility index (Phi) is 18.9. The van der Waals surface area contributed by atoms with Gasteiger partial charge in [0.15, 0.2) is 5.96 Å². The summed E-state index contributed by atoms with van der Waals surface area (Å²) in [7, 11) is 0. The fourth-order valence-corrected chi connectivity index (χ4v) is 3.13. The summed E-state index contributed by atoms with van der Waals surface area (Å²) in [5, 5.41) is 2.79. The first-order valence-electron chi connectivity index (χ1n) is 12.0. The number of amides is 3. The summed E-state index contributed by atoms with van der Waals surface area (Å²) in [6.07, 6.45) is 3.95. The van der Waals surface area contributed by atoms with Crippen LogP contribution >= 0.6 is 0 Å². The summed E-state index contributed by atoms with van der Waals surface area (Å²) in [5.41, 5.74) is 32.6. The molecule has 35 heavy (non-hydrogen) atoms. The van der Waals surface area contributed by atoms with E-state index in [2.05, 4.69) is 10.3 Å². The largest absolute Gasteiger partial charge is 0.448 e. The highest BCUT2D eigenvalue weighted by atomic mass is 16.6. The van der Waals surface area contributed by atoms with Crippen LogP contribution in [0.1, 0.15) is 51.4 Å². The van der Waals surface area contributed by atoms with E-state index in [1.807, 2.05) is 0 Å². The highest BCUT2D eigenvalue weighted by Crippen LogP contribution is 2.05. The van der Waals surface area contributed by atoms with E-state index in [0.29, 0.717) is 51.9 Å². The van der Waals surface area contributed by atoms with E-state index in [9.17, 15) is 14.4 Å². The molecule has 0 heterocycles. The summed E-state index contributed by atoms with van der Waals surface area (Å²) < 4.78 is 10.2. The number of nitrogens with one attached hydrogen (secondary N) is 1. The van der Waals surface area contributed by atoms with Crippen molar-refractivity contribution in [2.75, 3.05) is 45.9 Å². The number of hydrogen-bond donors (Lipinski definition) is 7. The van der Waals surface area contributed by atoms with Gasteiger partial charge in [-0.1, -0.05) is 12.8 Å². The van der Waals surface area contributed by atoms with Gasteiger partial charge >= 0.3 is 12.2 Å². The molecule has 14 heteroatoms. The van der Waals surface area contributed by atoms with Crippen molar-refractivity contribution in [2.45, 2.75) is 63.5 Å². The number of hydrogen-bond acceptors (Lipinski definition) is 9. The molecule has 0 aliphatic heterocycles. The molecule has 0 aromatic heterocycles. The molecule has 0 bridgehead atoms. The van der Waals surface area contributed by atoms with Crippen molar-refractivity contribution in [3.63, 3.8) is 0 Å². The maximum Gasteiger partial charge on any atom is 0.410 e. The van der Waals surface area contributed by atoms with Crippen LogP contribution in [0.4, 0.5) is 9.59 Å². The number of nitrogens with zero attached hydrogens (tertiary/aromatic N) is 2. The first-order valence-corrected chi connectivity index (χ1v) is 12.0. The number of ether oxygens (including phenoxy) is 2. The number of primary amides is 1. The quantitative estimate of drug-likeness (QED) is 0.0583. The Morgan fingerprint density at radius 2 is 1.54 bits per heavy atom. The molecule has 0 saturated heterocycles. The topological polar surface area (TPSA) is 253 Å². The lowest BCUT2D eigenvalue weighted by Crippen LogP contribution is -2.47. The number of unbranched alkanes of at least 4 members (excludes halogenated alkanes) is 3. The maximum absolute atomic E-state index is 12.7. The third-order valence-corrected chi connectivity index (χ3v) is 4.97. The zero-order chi connectivity index (χ0) is 26.5. The van der Waals surface area contributed by atoms with Crippen molar-refractivity contribution in [1.82, 2.24) is 10.2 Å². The molecule has 2 atom stereocenters. The average Bonchev–Trinajstić information content (AvgIpc) is 2.80. The molecular weight excluding hydrogens is 458 g/mol. The van der Waals surface area contributed by atoms with Crippen LogP contribution in [-0.2, 0) is 14.3 Å². The number of guanidine groups is 1. The Hall–Kier alpha value is -2.84. The van der Waals surface area contributed by atoms with Crippen LogP contribution in [0.2, 0.25) is 0 Å². The lowest BCUT2D eigenvalue weighted by molar-refractivity contribution is -0.123. The molecular formula is C21H45N9O5. The summed E-state index contributed by atoms with van der Waals surface area (Å²) in [6.45, 7) is 1.52. The lowest BCUT2D eigenvalue weighted by Gasteiger charge is -2.24. The zero-order valence-electron chi connectivity index (χ0n) is 20.7. The Balaban J connectivity index is 4.85. The predicted octanol–water partition coefficient (Wildman–Crippen LogP) is -1.36. The van der Waals surface area contributed by atoms with Gasteiger partial charge in [0.2, 0.25) is 5.91 Å². The van der Waals surface area contributed by atoms with Gasteiger partial charge < -0.3 is 49.2 Å². The smallest absolute Gasteiger partial charge is 0.410 e. The number of aliphatic imine (C=N–C) groups is 1. The Morgan fingerprint density at radius 3 is 2.17 bits per heavy atom. The summed E-state index contributed by atoms with van der Waals surface area (Å²) in [6, 6.07) is -0.839. The molecule has 0 aromatic rings. The van der Waals surface area contributed by atoms with Gasteiger partial charge in [0, 0.05) is 19.1 Å². The number of nitrogens with two attached hydrogens (primary N) is 6. The van der Waals surface area contributed by atoms with Crippen molar-refractivity contribution in [3.8, 4) is 0 Å². The van der Waals surface area contributed by atoms with Crippen LogP contribution in [0.15, 0.2) is 4.99 Å². The van der Waals surface area contributed by atoms with Gasteiger partial charge in [-0.15, -0.1) is 0 Å². The van der Waals surface area contributed by atoms with Crippen molar-refractivity contribution >= 4 is 24.1 Å². The molecule has 204 valence electrons. The first-order chi connectivity index (χ1) is 16.7. The number of carbonyl (C=O) groups excluding carboxylic acids is 3. The van der Waals surface area contributed by atoms with E-state index >= 15 is 0 Å². The van der Waals surface area contributed by atoms with Crippen molar-refractivity contribution in [1.29, 1.82) is 0 Å². The van der Waals surface area contributed by atoms with E-state index in [4.69, 9.17) is 43.9 Å². The fraction of sp³-hybridized carbons (Fsp3) is 0.810. The SMILES string of the molecule is NCCCCCN(CC(=O)N[C@H](CCCCN)COC(N)=O)C(=O)OC[C@@H](N)CCCN=C(N)N. The molecule has 0 spiro atoms. The summed E-state index contributed by atoms with van der Waals surface area (Å²) in [5.74, 6) is -0.399. The standard InChI is InChI=1S/C21H45N9O5/c22-9-3-1-5-12-30(21(33)35-14-16(24)7-6-11-28-19(25)26)13-18(31)29-17(8-2-4-10-23)15-34-20(27)32/h16-17H,1-15,22-24H2,(H2,27,32)(H,29,31)(H4,25,26,28)/t16-,17+/m0/s1. The van der Waals surface area contributed by atoms with E-state index < -0.39 is 24.1 Å². The zero-order valence-corrected chi connectivity index (χ0v) is 20.7. The second-order valence-corrected chi connectivity index (χ2v) is 8.24. The monoisotopic (exact) mass is 503 g/mol. The first kappa shape index (κ1) is 32.2. The van der Waals surface area contributed by atoms with Crippen LogP contribution in [-0.4, -0.2) is 87.0 Å². The molecule has 0 aliphatic rings. The third-order valence-electron chi connectivity index (χ3n) is 4.97. The maximum atomic E-state index is 12.7. The molecule has 0 fully saturated rings. The van der Waals surface area contributed by atoms with E-state index in [1.165, 1.54) is 4.90 Å². The molecule has 0 radical (unpaired) electrons. The lowest BCUT2D eigenvalue weighted by atomic mass is 10.1. The molecule has 3 amide bonds. The molecule has 13 N–H and O–H groups in total. The second kappa shape index (κ2) is 20.5. The van der Waals surface area contributed by atoms with E-state index in [1.54, 1.807) is 0 Å². The van der Waals surface area contributed by atoms with Crippen LogP contribution in [0.25, 0.3) is 0 Å². The normalized spacial score (nSPS) is 12.3. The molecule has 14 nitrogen and oxygen atoms in total. The van der Waals surface area contributed by atoms with Gasteiger partial charge in [0.1, 0.15) is 19.8 Å². The van der Waals surface area contributed by atoms with Gasteiger partial charge in [-0.2, -0.15) is 0 Å².